The normalized spacial score (nSPS) is 11.0. The first kappa shape index (κ1) is 14.1. The first-order valence-electron chi connectivity index (χ1n) is 6.70. The second kappa shape index (κ2) is 5.61. The summed E-state index contributed by atoms with van der Waals surface area (Å²) in [6.45, 7) is 0. The van der Waals surface area contributed by atoms with Crippen LogP contribution < -0.4 is 4.74 Å². The summed E-state index contributed by atoms with van der Waals surface area (Å²) >= 11 is 12.3. The maximum atomic E-state index is 6.16. The largest absolute Gasteiger partial charge is 0.419 e. The Morgan fingerprint density at radius 2 is 1.13 bits per heavy atom. The highest BCUT2D eigenvalue weighted by Crippen LogP contribution is 2.33. The Labute approximate surface area is 140 Å². The molecule has 2 heterocycles. The van der Waals surface area contributed by atoms with Gasteiger partial charge in [-0.05, 0) is 24.3 Å². The lowest BCUT2D eigenvalue weighted by atomic mass is 10.2. The van der Waals surface area contributed by atoms with Crippen LogP contribution in [-0.2, 0) is 0 Å². The summed E-state index contributed by atoms with van der Waals surface area (Å²) in [5.41, 5.74) is 1.24. The van der Waals surface area contributed by atoms with Gasteiger partial charge in [-0.15, -0.1) is 0 Å². The number of benzene rings is 2. The Balaban J connectivity index is 1.89. The lowest BCUT2D eigenvalue weighted by Gasteiger charge is -2.09. The first-order valence-corrected chi connectivity index (χ1v) is 7.46. The van der Waals surface area contributed by atoms with E-state index in [-0.39, 0.29) is 0 Å². The fourth-order valence-corrected chi connectivity index (χ4v) is 2.76. The summed E-state index contributed by atoms with van der Waals surface area (Å²) < 4.78 is 5.90. The van der Waals surface area contributed by atoms with E-state index in [0.29, 0.717) is 43.6 Å². The summed E-state index contributed by atoms with van der Waals surface area (Å²) in [4.78, 5) is 16.7. The van der Waals surface area contributed by atoms with Gasteiger partial charge in [-0.1, -0.05) is 35.3 Å². The maximum absolute atomic E-state index is 6.16. The summed E-state index contributed by atoms with van der Waals surface area (Å²) in [6, 6.07) is 10.8. The molecule has 0 amide bonds. The summed E-state index contributed by atoms with van der Waals surface area (Å²) in [5, 5.41) is 2.47. The molecule has 5 nitrogen and oxygen atoms in total. The third kappa shape index (κ3) is 2.44. The third-order valence-electron chi connectivity index (χ3n) is 3.35. The number of ether oxygens (including phenoxy) is 1. The number of hydrogen-bond acceptors (Lipinski definition) is 5. The quantitative estimate of drug-likeness (QED) is 0.529. The summed E-state index contributed by atoms with van der Waals surface area (Å²) in [6.07, 6.45) is 2.81. The predicted molar refractivity (Wildman–Crippen MR) is 89.2 cm³/mol. The molecule has 0 radical (unpaired) electrons. The van der Waals surface area contributed by atoms with Gasteiger partial charge in [-0.2, -0.15) is 0 Å². The number of halogens is 2. The number of aromatic nitrogens is 4. The van der Waals surface area contributed by atoms with E-state index in [9.17, 15) is 0 Å². The molecule has 0 aliphatic heterocycles. The molecule has 0 aliphatic carbocycles. The standard InChI is InChI=1S/C16H8Cl2N4O/c17-11-5-1-3-9-13(11)19-7-21-15(9)23-16-10-4-2-6-12(18)14(10)20-8-22-16/h1-8H. The number of fused-ring (bicyclic) bond motifs is 2. The lowest BCUT2D eigenvalue weighted by Crippen LogP contribution is -1.95. The lowest BCUT2D eigenvalue weighted by molar-refractivity contribution is 0.454. The van der Waals surface area contributed by atoms with Crippen molar-refractivity contribution in [1.29, 1.82) is 0 Å². The summed E-state index contributed by atoms with van der Waals surface area (Å²) in [5.74, 6) is 0.745. The Hall–Kier alpha value is -2.50. The zero-order valence-corrected chi connectivity index (χ0v) is 13.1. The molecule has 0 saturated carbocycles. The van der Waals surface area contributed by atoms with Crippen molar-refractivity contribution in [3.8, 4) is 11.8 Å². The molecular weight excluding hydrogens is 335 g/mol. The van der Waals surface area contributed by atoms with Crippen LogP contribution in [0.3, 0.4) is 0 Å². The van der Waals surface area contributed by atoms with Crippen molar-refractivity contribution >= 4 is 45.0 Å². The van der Waals surface area contributed by atoms with Gasteiger partial charge in [-0.3, -0.25) is 0 Å². The van der Waals surface area contributed by atoms with Gasteiger partial charge in [0.15, 0.2) is 0 Å². The Bertz CT molecular complexity index is 956. The van der Waals surface area contributed by atoms with Crippen LogP contribution in [0, 0.1) is 0 Å². The van der Waals surface area contributed by atoms with Gasteiger partial charge in [0.25, 0.3) is 0 Å². The molecule has 0 fully saturated rings. The molecule has 23 heavy (non-hydrogen) atoms. The molecule has 0 bridgehead atoms. The Morgan fingerprint density at radius 1 is 0.652 bits per heavy atom. The molecule has 0 unspecified atom stereocenters. The smallest absolute Gasteiger partial charge is 0.232 e. The van der Waals surface area contributed by atoms with Crippen LogP contribution in [0.25, 0.3) is 21.8 Å². The molecular formula is C16H8Cl2N4O. The van der Waals surface area contributed by atoms with Crippen molar-refractivity contribution in [3.05, 3.63) is 59.1 Å². The highest BCUT2D eigenvalue weighted by atomic mass is 35.5. The van der Waals surface area contributed by atoms with Crippen LogP contribution in [0.15, 0.2) is 49.1 Å². The van der Waals surface area contributed by atoms with Crippen LogP contribution in [0.4, 0.5) is 0 Å². The van der Waals surface area contributed by atoms with E-state index in [0.717, 1.165) is 0 Å². The third-order valence-corrected chi connectivity index (χ3v) is 3.96. The predicted octanol–water partition coefficient (Wildman–Crippen LogP) is 4.67. The fourth-order valence-electron chi connectivity index (χ4n) is 2.31. The number of rotatable bonds is 2. The first-order chi connectivity index (χ1) is 11.2. The molecule has 0 saturated heterocycles. The Kier molecular flexibility index (Phi) is 3.44. The molecule has 112 valence electrons. The highest BCUT2D eigenvalue weighted by Gasteiger charge is 2.12. The molecule has 2 aromatic heterocycles. The van der Waals surface area contributed by atoms with Crippen molar-refractivity contribution in [2.75, 3.05) is 0 Å². The number of nitrogens with zero attached hydrogens (tertiary/aromatic N) is 4. The van der Waals surface area contributed by atoms with Gasteiger partial charge >= 0.3 is 0 Å². The topological polar surface area (TPSA) is 60.8 Å². The number of para-hydroxylation sites is 2. The van der Waals surface area contributed by atoms with E-state index >= 15 is 0 Å². The van der Waals surface area contributed by atoms with Gasteiger partial charge in [0.05, 0.1) is 31.9 Å². The zero-order chi connectivity index (χ0) is 15.8. The van der Waals surface area contributed by atoms with Gasteiger partial charge in [0, 0.05) is 0 Å². The van der Waals surface area contributed by atoms with E-state index in [2.05, 4.69) is 19.9 Å². The molecule has 0 N–H and O–H groups in total. The molecule has 0 aliphatic rings. The average molecular weight is 343 g/mol. The maximum Gasteiger partial charge on any atom is 0.232 e. The zero-order valence-electron chi connectivity index (χ0n) is 11.6. The van der Waals surface area contributed by atoms with Crippen molar-refractivity contribution in [1.82, 2.24) is 19.9 Å². The Morgan fingerprint density at radius 3 is 1.61 bits per heavy atom. The minimum Gasteiger partial charge on any atom is -0.419 e. The number of hydrogen-bond donors (Lipinski definition) is 0. The van der Waals surface area contributed by atoms with Gasteiger partial charge in [0.1, 0.15) is 12.7 Å². The van der Waals surface area contributed by atoms with Crippen molar-refractivity contribution in [2.45, 2.75) is 0 Å². The van der Waals surface area contributed by atoms with E-state index in [1.807, 2.05) is 24.3 Å². The van der Waals surface area contributed by atoms with Crippen molar-refractivity contribution in [3.63, 3.8) is 0 Å². The van der Waals surface area contributed by atoms with E-state index in [1.54, 1.807) is 12.1 Å². The van der Waals surface area contributed by atoms with Crippen LogP contribution in [-0.4, -0.2) is 19.9 Å². The fraction of sp³-hybridized carbons (Fsp3) is 0. The molecule has 0 atom stereocenters. The molecule has 4 aromatic rings. The monoisotopic (exact) mass is 342 g/mol. The second-order valence-corrected chi connectivity index (χ2v) is 5.55. The van der Waals surface area contributed by atoms with Crippen LogP contribution in [0.2, 0.25) is 10.0 Å². The van der Waals surface area contributed by atoms with Crippen LogP contribution in [0.5, 0.6) is 11.8 Å². The second-order valence-electron chi connectivity index (χ2n) is 4.73. The highest BCUT2D eigenvalue weighted by molar-refractivity contribution is 6.35. The molecule has 0 spiro atoms. The molecule has 4 rings (SSSR count). The van der Waals surface area contributed by atoms with Gasteiger partial charge < -0.3 is 4.74 Å². The SMILES string of the molecule is Clc1cccc2c(Oc3ncnc4c(Cl)cccc34)ncnc12. The average Bonchev–Trinajstić information content (AvgIpc) is 2.57. The van der Waals surface area contributed by atoms with Crippen molar-refractivity contribution < 1.29 is 4.74 Å². The van der Waals surface area contributed by atoms with Crippen LogP contribution in [0.1, 0.15) is 0 Å². The minimum atomic E-state index is 0.373. The van der Waals surface area contributed by atoms with E-state index in [4.69, 9.17) is 27.9 Å². The van der Waals surface area contributed by atoms with Gasteiger partial charge in [-0.25, -0.2) is 19.9 Å². The van der Waals surface area contributed by atoms with Crippen molar-refractivity contribution in [2.24, 2.45) is 0 Å². The molecule has 2 aromatic carbocycles. The summed E-state index contributed by atoms with van der Waals surface area (Å²) in [7, 11) is 0. The molecule has 7 heteroatoms. The van der Waals surface area contributed by atoms with E-state index in [1.165, 1.54) is 12.7 Å². The van der Waals surface area contributed by atoms with E-state index < -0.39 is 0 Å². The minimum absolute atomic E-state index is 0.373. The van der Waals surface area contributed by atoms with Crippen LogP contribution >= 0.6 is 23.2 Å². The van der Waals surface area contributed by atoms with Gasteiger partial charge in [0.2, 0.25) is 11.8 Å².